The van der Waals surface area contributed by atoms with Gasteiger partial charge in [-0.2, -0.15) is 0 Å². The minimum Gasteiger partial charge on any atom is -0.342 e. The molecule has 2 N–H and O–H groups in total. The molecular formula is C23H24Cl2IN5O2S. The molecule has 0 spiro atoms. The predicted octanol–water partition coefficient (Wildman–Crippen LogP) is 6.07. The first-order valence-corrected chi connectivity index (χ1v) is 13.3. The molecule has 1 atom stereocenters. The van der Waals surface area contributed by atoms with E-state index in [1.54, 1.807) is 23.7 Å². The molecule has 0 aliphatic rings. The van der Waals surface area contributed by atoms with Gasteiger partial charge in [0.1, 0.15) is 0 Å². The Morgan fingerprint density at radius 2 is 1.82 bits per heavy atom. The van der Waals surface area contributed by atoms with Crippen molar-refractivity contribution in [1.82, 2.24) is 20.1 Å². The predicted molar refractivity (Wildman–Crippen MR) is 146 cm³/mol. The third kappa shape index (κ3) is 6.65. The number of carbonyl (C=O) groups is 2. The number of thioether (sulfide) groups is 1. The zero-order chi connectivity index (χ0) is 25.0. The number of amides is 2. The highest BCUT2D eigenvalue weighted by molar-refractivity contribution is 14.1. The molecular weight excluding hydrogens is 608 g/mol. The van der Waals surface area contributed by atoms with E-state index in [-0.39, 0.29) is 17.6 Å². The van der Waals surface area contributed by atoms with Crippen molar-refractivity contribution in [2.24, 2.45) is 7.05 Å². The molecule has 0 saturated carbocycles. The number of rotatable bonds is 8. The molecule has 7 nitrogen and oxygen atoms in total. The highest BCUT2D eigenvalue weighted by Gasteiger charge is 2.20. The summed E-state index contributed by atoms with van der Waals surface area (Å²) in [7, 11) is 1.80. The molecule has 1 heterocycles. The Kier molecular flexibility index (Phi) is 9.25. The molecule has 0 saturated heterocycles. The lowest BCUT2D eigenvalue weighted by Crippen LogP contribution is -2.28. The summed E-state index contributed by atoms with van der Waals surface area (Å²) in [6.07, 6.45) is 0. The fraction of sp³-hybridized carbons (Fsp3) is 0.304. The van der Waals surface area contributed by atoms with E-state index in [1.165, 1.54) is 17.8 Å². The molecule has 3 rings (SSSR count). The van der Waals surface area contributed by atoms with Crippen LogP contribution < -0.4 is 10.6 Å². The number of carbonyl (C=O) groups excluding carboxylic acids is 2. The van der Waals surface area contributed by atoms with Crippen molar-refractivity contribution >= 4 is 75.1 Å². The van der Waals surface area contributed by atoms with Gasteiger partial charge in [-0.15, -0.1) is 10.2 Å². The van der Waals surface area contributed by atoms with Crippen LogP contribution in [-0.4, -0.2) is 32.3 Å². The second-order valence-corrected chi connectivity index (χ2v) is 10.9. The SMILES string of the molecule is CC(C)c1cc(I)ccc1NC(=O)CSc1nnc([C@H](C)NC(=O)c2ccc(Cl)c(Cl)c2)n1C. The second-order valence-electron chi connectivity index (χ2n) is 7.95. The molecule has 0 aliphatic carbocycles. The largest absolute Gasteiger partial charge is 0.342 e. The molecule has 0 fully saturated rings. The summed E-state index contributed by atoms with van der Waals surface area (Å²) in [5.41, 5.74) is 2.31. The van der Waals surface area contributed by atoms with Crippen LogP contribution in [0.3, 0.4) is 0 Å². The summed E-state index contributed by atoms with van der Waals surface area (Å²) in [6, 6.07) is 10.3. The van der Waals surface area contributed by atoms with Gasteiger partial charge in [-0.05, 0) is 77.4 Å². The molecule has 2 aromatic carbocycles. The lowest BCUT2D eigenvalue weighted by molar-refractivity contribution is -0.113. The monoisotopic (exact) mass is 631 g/mol. The topological polar surface area (TPSA) is 88.9 Å². The van der Waals surface area contributed by atoms with Crippen molar-refractivity contribution in [3.8, 4) is 0 Å². The van der Waals surface area contributed by atoms with Crippen molar-refractivity contribution in [2.45, 2.75) is 37.9 Å². The Balaban J connectivity index is 1.61. The van der Waals surface area contributed by atoms with Crippen LogP contribution in [0.25, 0.3) is 0 Å². The van der Waals surface area contributed by atoms with Gasteiger partial charge in [0, 0.05) is 21.9 Å². The van der Waals surface area contributed by atoms with E-state index in [4.69, 9.17) is 23.2 Å². The summed E-state index contributed by atoms with van der Waals surface area (Å²) < 4.78 is 2.89. The Morgan fingerprint density at radius 1 is 1.09 bits per heavy atom. The van der Waals surface area contributed by atoms with Crippen LogP contribution in [0.1, 0.15) is 54.5 Å². The van der Waals surface area contributed by atoms with Crippen LogP contribution in [0, 0.1) is 3.57 Å². The van der Waals surface area contributed by atoms with Crippen molar-refractivity contribution in [3.63, 3.8) is 0 Å². The Morgan fingerprint density at radius 3 is 2.50 bits per heavy atom. The lowest BCUT2D eigenvalue weighted by atomic mass is 10.0. The summed E-state index contributed by atoms with van der Waals surface area (Å²) in [6.45, 7) is 6.00. The highest BCUT2D eigenvalue weighted by Crippen LogP contribution is 2.27. The van der Waals surface area contributed by atoms with Gasteiger partial charge in [-0.3, -0.25) is 9.59 Å². The molecule has 1 aromatic heterocycles. The average molecular weight is 632 g/mol. The van der Waals surface area contributed by atoms with Crippen molar-refractivity contribution < 1.29 is 9.59 Å². The first kappa shape index (κ1) is 26.8. The maximum atomic E-state index is 12.6. The van der Waals surface area contributed by atoms with Crippen LogP contribution in [0.15, 0.2) is 41.6 Å². The van der Waals surface area contributed by atoms with Gasteiger partial charge in [-0.25, -0.2) is 0 Å². The van der Waals surface area contributed by atoms with Crippen molar-refractivity contribution in [1.29, 1.82) is 0 Å². The maximum absolute atomic E-state index is 12.6. The van der Waals surface area contributed by atoms with Crippen LogP contribution in [0.2, 0.25) is 10.0 Å². The summed E-state index contributed by atoms with van der Waals surface area (Å²) in [4.78, 5) is 25.1. The number of anilines is 1. The lowest BCUT2D eigenvalue weighted by Gasteiger charge is -2.15. The second kappa shape index (κ2) is 11.7. The van der Waals surface area contributed by atoms with Crippen LogP contribution in [0.4, 0.5) is 5.69 Å². The fourth-order valence-corrected chi connectivity index (χ4v) is 4.78. The Labute approximate surface area is 226 Å². The number of aromatic nitrogens is 3. The standard InChI is InChI=1S/C23H24Cl2IN5O2S/c1-12(2)16-10-15(26)6-8-19(16)28-20(32)11-34-23-30-29-21(31(23)4)13(3)27-22(33)14-5-7-17(24)18(25)9-14/h5-10,12-13H,11H2,1-4H3,(H,27,33)(H,28,32)/t13-/m0/s1. The minimum absolute atomic E-state index is 0.126. The molecule has 3 aromatic rings. The molecule has 2 amide bonds. The third-order valence-electron chi connectivity index (χ3n) is 5.03. The van der Waals surface area contributed by atoms with Gasteiger partial charge in [0.25, 0.3) is 5.91 Å². The van der Waals surface area contributed by atoms with E-state index >= 15 is 0 Å². The number of hydrogen-bond acceptors (Lipinski definition) is 5. The smallest absolute Gasteiger partial charge is 0.251 e. The van der Waals surface area contributed by atoms with E-state index in [1.807, 2.05) is 19.1 Å². The molecule has 0 aliphatic heterocycles. The third-order valence-corrected chi connectivity index (χ3v) is 7.46. The minimum atomic E-state index is -0.414. The number of nitrogens with zero attached hydrogens (tertiary/aromatic N) is 3. The van der Waals surface area contributed by atoms with Crippen molar-refractivity contribution in [3.05, 3.63) is 67.0 Å². The van der Waals surface area contributed by atoms with E-state index in [9.17, 15) is 9.59 Å². The quantitative estimate of drug-likeness (QED) is 0.233. The molecule has 0 unspecified atom stereocenters. The van der Waals surface area contributed by atoms with E-state index in [2.05, 4.69) is 63.3 Å². The first-order valence-electron chi connectivity index (χ1n) is 10.4. The number of hydrogen-bond donors (Lipinski definition) is 2. The zero-order valence-corrected chi connectivity index (χ0v) is 23.5. The fourth-order valence-electron chi connectivity index (χ4n) is 3.25. The van der Waals surface area contributed by atoms with Crippen LogP contribution >= 0.6 is 57.6 Å². The maximum Gasteiger partial charge on any atom is 0.251 e. The summed E-state index contributed by atoms with van der Waals surface area (Å²) >= 11 is 15.5. The average Bonchev–Trinajstić information content (AvgIpc) is 3.15. The van der Waals surface area contributed by atoms with Crippen LogP contribution in [-0.2, 0) is 11.8 Å². The first-order chi connectivity index (χ1) is 16.1. The molecule has 180 valence electrons. The number of benzene rings is 2. The molecule has 34 heavy (non-hydrogen) atoms. The van der Waals surface area contributed by atoms with Gasteiger partial charge in [-0.1, -0.05) is 48.8 Å². The summed E-state index contributed by atoms with van der Waals surface area (Å²) in [5, 5.41) is 15.5. The number of halogens is 3. The van der Waals surface area contributed by atoms with Crippen LogP contribution in [0.5, 0.6) is 0 Å². The summed E-state index contributed by atoms with van der Waals surface area (Å²) in [5.74, 6) is 0.606. The van der Waals surface area contributed by atoms with Gasteiger partial charge >= 0.3 is 0 Å². The number of nitrogens with one attached hydrogen (secondary N) is 2. The van der Waals surface area contributed by atoms with E-state index < -0.39 is 6.04 Å². The van der Waals surface area contributed by atoms with Crippen molar-refractivity contribution in [2.75, 3.05) is 11.1 Å². The molecule has 11 heteroatoms. The molecule has 0 radical (unpaired) electrons. The van der Waals surface area contributed by atoms with E-state index in [0.717, 1.165) is 14.8 Å². The van der Waals surface area contributed by atoms with Gasteiger partial charge in [0.05, 0.1) is 21.8 Å². The van der Waals surface area contributed by atoms with Gasteiger partial charge < -0.3 is 15.2 Å². The Bertz CT molecular complexity index is 1220. The zero-order valence-electron chi connectivity index (χ0n) is 19.0. The highest BCUT2D eigenvalue weighted by atomic mass is 127. The van der Waals surface area contributed by atoms with Gasteiger partial charge in [0.2, 0.25) is 5.91 Å². The van der Waals surface area contributed by atoms with Gasteiger partial charge in [0.15, 0.2) is 11.0 Å². The normalized spacial score (nSPS) is 12.0. The van der Waals surface area contributed by atoms with E-state index in [0.29, 0.717) is 32.5 Å². The Hall–Kier alpha value is -1.82. The molecule has 0 bridgehead atoms.